The summed E-state index contributed by atoms with van der Waals surface area (Å²) in [6, 6.07) is 28.5. The van der Waals surface area contributed by atoms with Crippen molar-refractivity contribution in [3.8, 4) is 5.75 Å². The average Bonchev–Trinajstić information content (AvgIpc) is 3.49. The predicted octanol–water partition coefficient (Wildman–Crippen LogP) is 7.17. The van der Waals surface area contributed by atoms with E-state index in [2.05, 4.69) is 30.9 Å². The second-order valence-corrected chi connectivity index (χ2v) is 11.2. The zero-order valence-electron chi connectivity index (χ0n) is 25.7. The van der Waals surface area contributed by atoms with Crippen LogP contribution < -0.4 is 15.6 Å². The molecule has 0 spiro atoms. The fraction of sp³-hybridized carbons (Fsp3) is 0.235. The summed E-state index contributed by atoms with van der Waals surface area (Å²) in [5, 5.41) is 17.3. The number of carbonyl (C=O) groups is 1. The van der Waals surface area contributed by atoms with Crippen LogP contribution in [0.4, 0.5) is 5.69 Å². The van der Waals surface area contributed by atoms with E-state index in [0.29, 0.717) is 46.1 Å². The minimum absolute atomic E-state index is 0.0187. The number of halogens is 1. The molecule has 244 valence electrons. The van der Waals surface area contributed by atoms with Gasteiger partial charge < -0.3 is 14.6 Å². The Kier molecular flexibility index (Phi) is 11.5. The van der Waals surface area contributed by atoms with E-state index >= 15 is 0 Å². The molecule has 48 heavy (non-hydrogen) atoms. The highest BCUT2D eigenvalue weighted by Gasteiger charge is 2.54. The smallest absolute Gasteiger partial charge is 0.266 e. The van der Waals surface area contributed by atoms with E-state index in [9.17, 15) is 10.3 Å². The van der Waals surface area contributed by atoms with E-state index < -0.39 is 17.6 Å². The van der Waals surface area contributed by atoms with Crippen LogP contribution in [-0.2, 0) is 29.0 Å². The van der Waals surface area contributed by atoms with Crippen LogP contribution in [0, 0.1) is 0 Å². The number of nitrogens with one attached hydrogen (secondary N) is 2. The molecule has 14 heteroatoms. The summed E-state index contributed by atoms with van der Waals surface area (Å²) < 4.78 is 12.3. The lowest BCUT2D eigenvalue weighted by molar-refractivity contribution is -0.130. The van der Waals surface area contributed by atoms with E-state index in [-0.39, 0.29) is 37.7 Å². The summed E-state index contributed by atoms with van der Waals surface area (Å²) in [5.74, 6) is 0.259. The van der Waals surface area contributed by atoms with Gasteiger partial charge in [0.1, 0.15) is 5.75 Å². The number of hydrazine groups is 1. The maximum Gasteiger partial charge on any atom is 0.266 e. The van der Waals surface area contributed by atoms with Gasteiger partial charge in [0.15, 0.2) is 11.6 Å². The number of hydrogen-bond acceptors (Lipinski definition) is 8. The molecule has 0 radical (unpaired) electrons. The number of aliphatic imine (C=N–C) groups is 1. The Morgan fingerprint density at radius 3 is 2.40 bits per heavy atom. The Bertz CT molecular complexity index is 1870. The standard InChI is InChI=1S/C34H32ClN9O4/c35-29-12-5-3-10-26(29)22-38-42-33(46)34(20-24-8-1-2-9-25(24)21-39-43-36)31(28-11-4-6-13-30(28)41-44-37)48-32(40-34)23-14-16-27(17-15-23)47-19-7-18-45/h1-6,8-17,31,38,45H,7,18-22H2,(H,42,46)/t31-,34-/m0/s1. The average molecular weight is 666 g/mol. The minimum atomic E-state index is -1.65. The number of rotatable bonds is 15. The molecule has 0 aliphatic carbocycles. The lowest BCUT2D eigenvalue weighted by atomic mass is 9.80. The Morgan fingerprint density at radius 1 is 0.958 bits per heavy atom. The van der Waals surface area contributed by atoms with Crippen LogP contribution in [0.25, 0.3) is 20.9 Å². The third-order valence-electron chi connectivity index (χ3n) is 7.72. The van der Waals surface area contributed by atoms with Crippen molar-refractivity contribution in [2.45, 2.75) is 37.6 Å². The first kappa shape index (κ1) is 33.8. The van der Waals surface area contributed by atoms with Crippen LogP contribution in [0.1, 0.15) is 40.3 Å². The topological polar surface area (TPSA) is 190 Å². The fourth-order valence-electron chi connectivity index (χ4n) is 5.36. The minimum Gasteiger partial charge on any atom is -0.494 e. The van der Waals surface area contributed by atoms with Gasteiger partial charge in [-0.15, -0.1) is 0 Å². The van der Waals surface area contributed by atoms with Gasteiger partial charge in [-0.1, -0.05) is 88.6 Å². The van der Waals surface area contributed by atoms with Gasteiger partial charge in [0, 0.05) is 57.7 Å². The summed E-state index contributed by atoms with van der Waals surface area (Å²) in [5.41, 5.74) is 26.1. The number of azide groups is 2. The zero-order chi connectivity index (χ0) is 33.8. The number of aliphatic hydroxyl groups excluding tert-OH is 1. The summed E-state index contributed by atoms with van der Waals surface area (Å²) in [6.07, 6.45) is -0.526. The second-order valence-electron chi connectivity index (χ2n) is 10.8. The van der Waals surface area contributed by atoms with Crippen LogP contribution in [0.2, 0.25) is 5.02 Å². The summed E-state index contributed by atoms with van der Waals surface area (Å²) >= 11 is 6.36. The molecule has 1 heterocycles. The van der Waals surface area contributed by atoms with Gasteiger partial charge in [0.05, 0.1) is 13.2 Å². The highest BCUT2D eigenvalue weighted by molar-refractivity contribution is 6.31. The van der Waals surface area contributed by atoms with Gasteiger partial charge in [-0.2, -0.15) is 0 Å². The van der Waals surface area contributed by atoms with Crippen LogP contribution in [0.5, 0.6) is 5.75 Å². The monoisotopic (exact) mass is 665 g/mol. The molecule has 0 unspecified atom stereocenters. The first-order valence-corrected chi connectivity index (χ1v) is 15.5. The van der Waals surface area contributed by atoms with Crippen molar-refractivity contribution in [3.63, 3.8) is 0 Å². The maximum atomic E-state index is 14.6. The SMILES string of the molecule is [N-]=[N+]=NCc1ccccc1C[C@]1(C(=O)NNCc2ccccc2Cl)N=C(c2ccc(OCCCO)cc2)O[C@H]1c1ccccc1N=[N+]=[N-]. The van der Waals surface area contributed by atoms with Gasteiger partial charge in [0.25, 0.3) is 5.91 Å². The van der Waals surface area contributed by atoms with Crippen LogP contribution in [0.15, 0.2) is 112 Å². The fourth-order valence-corrected chi connectivity index (χ4v) is 5.56. The van der Waals surface area contributed by atoms with Gasteiger partial charge in [-0.25, -0.2) is 10.4 Å². The normalized spacial score (nSPS) is 16.5. The number of aliphatic hydroxyl groups is 1. The summed E-state index contributed by atoms with van der Waals surface area (Å²) in [7, 11) is 0. The van der Waals surface area contributed by atoms with E-state index in [0.717, 1.165) is 5.56 Å². The molecule has 1 aliphatic rings. The van der Waals surface area contributed by atoms with Crippen LogP contribution >= 0.6 is 11.6 Å². The molecule has 0 fully saturated rings. The molecular formula is C34H32ClN9O4. The molecule has 0 bridgehead atoms. The van der Waals surface area contributed by atoms with Crippen molar-refractivity contribution >= 4 is 29.1 Å². The molecule has 2 atom stereocenters. The van der Waals surface area contributed by atoms with Gasteiger partial charge >= 0.3 is 0 Å². The summed E-state index contributed by atoms with van der Waals surface area (Å²) in [4.78, 5) is 25.5. The maximum absolute atomic E-state index is 14.6. The first-order chi connectivity index (χ1) is 23.5. The van der Waals surface area contributed by atoms with E-state index in [1.807, 2.05) is 42.5 Å². The molecule has 3 N–H and O–H groups in total. The van der Waals surface area contributed by atoms with Crippen LogP contribution in [0.3, 0.4) is 0 Å². The molecule has 0 saturated carbocycles. The van der Waals surface area contributed by atoms with Crippen molar-refractivity contribution in [1.29, 1.82) is 0 Å². The van der Waals surface area contributed by atoms with E-state index in [1.165, 1.54) is 0 Å². The Hall–Kier alpha value is -5.55. The zero-order valence-corrected chi connectivity index (χ0v) is 26.5. The van der Waals surface area contributed by atoms with Crippen LogP contribution in [-0.4, -0.2) is 35.7 Å². The Labute approximate surface area is 281 Å². The third-order valence-corrected chi connectivity index (χ3v) is 8.09. The van der Waals surface area contributed by atoms with Crippen molar-refractivity contribution in [3.05, 3.63) is 151 Å². The largest absolute Gasteiger partial charge is 0.494 e. The Morgan fingerprint density at radius 2 is 1.67 bits per heavy atom. The molecule has 0 aromatic heterocycles. The number of benzene rings is 4. The van der Waals surface area contributed by atoms with E-state index in [1.54, 1.807) is 54.6 Å². The van der Waals surface area contributed by atoms with Crippen molar-refractivity contribution in [2.24, 2.45) is 15.2 Å². The van der Waals surface area contributed by atoms with Crippen molar-refractivity contribution < 1.29 is 19.4 Å². The molecule has 1 aliphatic heterocycles. The molecule has 4 aromatic carbocycles. The van der Waals surface area contributed by atoms with Crippen molar-refractivity contribution in [1.82, 2.24) is 10.9 Å². The highest BCUT2D eigenvalue weighted by Crippen LogP contribution is 2.45. The lowest BCUT2D eigenvalue weighted by Crippen LogP contribution is -2.53. The van der Waals surface area contributed by atoms with Crippen molar-refractivity contribution in [2.75, 3.05) is 13.2 Å². The molecule has 0 saturated heterocycles. The van der Waals surface area contributed by atoms with E-state index in [4.69, 9.17) is 36.7 Å². The molecular weight excluding hydrogens is 634 g/mol. The molecule has 4 aromatic rings. The summed E-state index contributed by atoms with van der Waals surface area (Å²) in [6.45, 7) is 0.657. The molecule has 5 rings (SSSR count). The quantitative estimate of drug-likeness (QED) is 0.0398. The number of carbonyl (C=O) groups excluding carboxylic acids is 1. The molecule has 1 amide bonds. The Balaban J connectivity index is 1.61. The van der Waals surface area contributed by atoms with Gasteiger partial charge in [-0.05, 0) is 58.1 Å². The lowest BCUT2D eigenvalue weighted by Gasteiger charge is -2.32. The van der Waals surface area contributed by atoms with Gasteiger partial charge in [-0.3, -0.25) is 10.2 Å². The third kappa shape index (κ3) is 7.87. The number of nitrogens with zero attached hydrogens (tertiary/aromatic N) is 7. The first-order valence-electron chi connectivity index (χ1n) is 15.1. The molecule has 13 nitrogen and oxygen atoms in total. The second kappa shape index (κ2) is 16.3. The number of hydrogen-bond donors (Lipinski definition) is 3. The number of amides is 1. The van der Waals surface area contributed by atoms with Gasteiger partial charge in [0.2, 0.25) is 5.90 Å². The highest BCUT2D eigenvalue weighted by atomic mass is 35.5. The number of ether oxygens (including phenoxy) is 2. The predicted molar refractivity (Wildman–Crippen MR) is 181 cm³/mol.